The third-order valence-electron chi connectivity index (χ3n) is 3.90. The van der Waals surface area contributed by atoms with Gasteiger partial charge in [0.1, 0.15) is 0 Å². The van der Waals surface area contributed by atoms with Crippen molar-refractivity contribution < 1.29 is 13.2 Å². The molecule has 2 atom stereocenters. The van der Waals surface area contributed by atoms with Gasteiger partial charge >= 0.3 is 0 Å². The lowest BCUT2D eigenvalue weighted by atomic mass is 9.87. The number of anilines is 1. The van der Waals surface area contributed by atoms with E-state index in [9.17, 15) is 13.2 Å². The van der Waals surface area contributed by atoms with Crippen LogP contribution in [0.1, 0.15) is 39.5 Å². The number of hydrogen-bond donors (Lipinski definition) is 2. The topological polar surface area (TPSA) is 75.3 Å². The van der Waals surface area contributed by atoms with E-state index >= 15 is 0 Å². The highest BCUT2D eigenvalue weighted by Crippen LogP contribution is 2.25. The predicted molar refractivity (Wildman–Crippen MR) is 82.5 cm³/mol. The molecule has 1 aliphatic carbocycles. The molecule has 0 aliphatic heterocycles. The molecular weight excluding hydrogens is 288 g/mol. The molecule has 1 fully saturated rings. The minimum atomic E-state index is -3.50. The quantitative estimate of drug-likeness (QED) is 0.897. The van der Waals surface area contributed by atoms with Crippen molar-refractivity contribution in [2.75, 3.05) is 5.32 Å². The van der Waals surface area contributed by atoms with Crippen LogP contribution >= 0.6 is 0 Å². The number of rotatable bonds is 4. The first kappa shape index (κ1) is 16.0. The number of carbonyl (C=O) groups is 1. The Bertz CT molecular complexity index is 596. The van der Waals surface area contributed by atoms with Crippen LogP contribution in [-0.2, 0) is 14.8 Å². The van der Waals surface area contributed by atoms with Crippen molar-refractivity contribution in [3.8, 4) is 0 Å². The predicted octanol–water partition coefficient (Wildman–Crippen LogP) is 2.50. The normalized spacial score (nSPS) is 22.8. The molecule has 0 unspecified atom stereocenters. The van der Waals surface area contributed by atoms with Crippen LogP contribution in [-0.4, -0.2) is 20.4 Å². The van der Waals surface area contributed by atoms with E-state index in [2.05, 4.69) is 17.0 Å². The highest BCUT2D eigenvalue weighted by Gasteiger charge is 2.26. The van der Waals surface area contributed by atoms with Crippen LogP contribution in [0.25, 0.3) is 0 Å². The summed E-state index contributed by atoms with van der Waals surface area (Å²) in [6.45, 7) is 3.50. The molecule has 0 heterocycles. The smallest absolute Gasteiger partial charge is 0.240 e. The molecule has 1 aromatic carbocycles. The Kier molecular flexibility index (Phi) is 5.00. The Morgan fingerprint density at radius 2 is 1.76 bits per heavy atom. The number of hydrogen-bond acceptors (Lipinski definition) is 3. The van der Waals surface area contributed by atoms with Crippen LogP contribution in [0.2, 0.25) is 0 Å². The average Bonchev–Trinajstić information content (AvgIpc) is 2.41. The lowest BCUT2D eigenvalue weighted by Gasteiger charge is -2.29. The van der Waals surface area contributed by atoms with E-state index in [4.69, 9.17) is 0 Å². The molecule has 6 heteroatoms. The lowest BCUT2D eigenvalue weighted by molar-refractivity contribution is -0.114. The number of sulfonamides is 1. The summed E-state index contributed by atoms with van der Waals surface area (Å²) in [5, 5.41) is 2.62. The Hall–Kier alpha value is -1.40. The summed E-state index contributed by atoms with van der Waals surface area (Å²) < 4.78 is 27.6. The third kappa shape index (κ3) is 4.28. The summed E-state index contributed by atoms with van der Waals surface area (Å²) >= 11 is 0. The van der Waals surface area contributed by atoms with Crippen LogP contribution in [0.4, 0.5) is 5.69 Å². The van der Waals surface area contributed by atoms with E-state index in [0.717, 1.165) is 19.3 Å². The van der Waals surface area contributed by atoms with Crippen LogP contribution in [0.15, 0.2) is 29.2 Å². The summed E-state index contributed by atoms with van der Waals surface area (Å²) in [5.41, 5.74) is 0.590. The number of carbonyl (C=O) groups excluding carboxylic acids is 1. The van der Waals surface area contributed by atoms with E-state index in [1.165, 1.54) is 25.5 Å². The van der Waals surface area contributed by atoms with Gasteiger partial charge in [-0.05, 0) is 43.0 Å². The van der Waals surface area contributed by atoms with Gasteiger partial charge in [-0.1, -0.05) is 19.8 Å². The highest BCUT2D eigenvalue weighted by molar-refractivity contribution is 7.89. The molecule has 0 aromatic heterocycles. The molecule has 5 nitrogen and oxygen atoms in total. The standard InChI is InChI=1S/C15H22N2O3S/c1-11-5-3-4-6-15(11)17-21(19,20)14-9-7-13(8-10-14)16-12(2)18/h7-11,15,17H,3-6H2,1-2H3,(H,16,18)/t11-,15-/m0/s1. The fraction of sp³-hybridized carbons (Fsp3) is 0.533. The molecule has 2 rings (SSSR count). The van der Waals surface area contributed by atoms with Gasteiger partial charge in [-0.25, -0.2) is 13.1 Å². The van der Waals surface area contributed by atoms with Crippen LogP contribution in [0, 0.1) is 5.92 Å². The maximum atomic E-state index is 12.4. The maximum Gasteiger partial charge on any atom is 0.240 e. The van der Waals surface area contributed by atoms with Crippen molar-refractivity contribution in [2.45, 2.75) is 50.5 Å². The monoisotopic (exact) mass is 310 g/mol. The largest absolute Gasteiger partial charge is 0.326 e. The average molecular weight is 310 g/mol. The molecule has 1 saturated carbocycles. The van der Waals surface area contributed by atoms with Gasteiger partial charge in [0.05, 0.1) is 4.90 Å². The van der Waals surface area contributed by atoms with Crippen molar-refractivity contribution in [3.05, 3.63) is 24.3 Å². The van der Waals surface area contributed by atoms with E-state index in [1.807, 2.05) is 0 Å². The van der Waals surface area contributed by atoms with Gasteiger partial charge in [0.2, 0.25) is 15.9 Å². The van der Waals surface area contributed by atoms with Gasteiger partial charge in [-0.15, -0.1) is 0 Å². The van der Waals surface area contributed by atoms with Crippen molar-refractivity contribution in [1.29, 1.82) is 0 Å². The van der Waals surface area contributed by atoms with Crippen LogP contribution in [0.5, 0.6) is 0 Å². The summed E-state index contributed by atoms with van der Waals surface area (Å²) in [6, 6.07) is 6.24. The van der Waals surface area contributed by atoms with Crippen molar-refractivity contribution in [2.24, 2.45) is 5.92 Å². The summed E-state index contributed by atoms with van der Waals surface area (Å²) in [4.78, 5) is 11.2. The third-order valence-corrected chi connectivity index (χ3v) is 5.41. The Morgan fingerprint density at radius 3 is 2.33 bits per heavy atom. The molecule has 1 aromatic rings. The van der Waals surface area contributed by atoms with Crippen molar-refractivity contribution in [3.63, 3.8) is 0 Å². The van der Waals surface area contributed by atoms with Crippen LogP contribution < -0.4 is 10.0 Å². The second-order valence-corrected chi connectivity index (χ2v) is 7.41. The van der Waals surface area contributed by atoms with E-state index in [0.29, 0.717) is 11.6 Å². The second kappa shape index (κ2) is 6.58. The summed E-state index contributed by atoms with van der Waals surface area (Å²) in [5.74, 6) is 0.187. The number of nitrogens with one attached hydrogen (secondary N) is 2. The van der Waals surface area contributed by atoms with Gasteiger partial charge in [0.25, 0.3) is 0 Å². The fourth-order valence-electron chi connectivity index (χ4n) is 2.68. The van der Waals surface area contributed by atoms with Crippen LogP contribution in [0.3, 0.4) is 0 Å². The van der Waals surface area contributed by atoms with Gasteiger partial charge in [-0.2, -0.15) is 0 Å². The molecule has 116 valence electrons. The SMILES string of the molecule is CC(=O)Nc1ccc(S(=O)(=O)N[C@H]2CCCC[C@@H]2C)cc1. The molecule has 1 aliphatic rings. The minimum absolute atomic E-state index is 0.0128. The Labute approximate surface area is 126 Å². The number of benzene rings is 1. The first-order valence-electron chi connectivity index (χ1n) is 7.28. The van der Waals surface area contributed by atoms with Gasteiger partial charge in [0.15, 0.2) is 0 Å². The van der Waals surface area contributed by atoms with Gasteiger partial charge in [-0.3, -0.25) is 4.79 Å². The zero-order valence-corrected chi connectivity index (χ0v) is 13.2. The first-order chi connectivity index (χ1) is 9.88. The molecule has 0 spiro atoms. The summed E-state index contributed by atoms with van der Waals surface area (Å²) in [6.07, 6.45) is 4.20. The number of amides is 1. The molecular formula is C15H22N2O3S. The van der Waals surface area contributed by atoms with E-state index in [1.54, 1.807) is 12.1 Å². The van der Waals surface area contributed by atoms with Gasteiger partial charge in [0, 0.05) is 18.7 Å². The Balaban J connectivity index is 2.10. The fourth-order valence-corrected chi connectivity index (χ4v) is 4.06. The maximum absolute atomic E-state index is 12.4. The highest BCUT2D eigenvalue weighted by atomic mass is 32.2. The Morgan fingerprint density at radius 1 is 1.14 bits per heavy atom. The zero-order chi connectivity index (χ0) is 15.5. The van der Waals surface area contributed by atoms with E-state index < -0.39 is 10.0 Å². The van der Waals surface area contributed by atoms with E-state index in [-0.39, 0.29) is 16.8 Å². The van der Waals surface area contributed by atoms with Crippen molar-refractivity contribution in [1.82, 2.24) is 4.72 Å². The molecule has 0 bridgehead atoms. The first-order valence-corrected chi connectivity index (χ1v) is 8.77. The summed E-state index contributed by atoms with van der Waals surface area (Å²) in [7, 11) is -3.50. The zero-order valence-electron chi connectivity index (χ0n) is 12.4. The molecule has 0 radical (unpaired) electrons. The lowest BCUT2D eigenvalue weighted by Crippen LogP contribution is -2.40. The molecule has 2 N–H and O–H groups in total. The molecule has 21 heavy (non-hydrogen) atoms. The molecule has 0 saturated heterocycles. The minimum Gasteiger partial charge on any atom is -0.326 e. The second-order valence-electron chi connectivity index (χ2n) is 5.70. The van der Waals surface area contributed by atoms with Gasteiger partial charge < -0.3 is 5.32 Å². The molecule has 1 amide bonds. The van der Waals surface area contributed by atoms with Crippen molar-refractivity contribution >= 4 is 21.6 Å².